The normalized spacial score (nSPS) is 13.6. The highest BCUT2D eigenvalue weighted by atomic mass is 32.1. The van der Waals surface area contributed by atoms with Crippen LogP contribution in [-0.2, 0) is 11.2 Å². The minimum absolute atomic E-state index is 0.0195. The average molecular weight is 361 g/mol. The number of nitrogens with zero attached hydrogens (tertiary/aromatic N) is 3. The van der Waals surface area contributed by atoms with Crippen LogP contribution >= 0.6 is 22.7 Å². The molecule has 24 heavy (non-hydrogen) atoms. The van der Waals surface area contributed by atoms with Gasteiger partial charge < -0.3 is 5.32 Å². The van der Waals surface area contributed by atoms with Gasteiger partial charge in [-0.2, -0.15) is 16.4 Å². The van der Waals surface area contributed by atoms with E-state index in [-0.39, 0.29) is 18.0 Å². The fourth-order valence-electron chi connectivity index (χ4n) is 2.53. The molecule has 0 radical (unpaired) electrons. The molecule has 0 bridgehead atoms. The van der Waals surface area contributed by atoms with Gasteiger partial charge in [0.25, 0.3) is 0 Å². The quantitative estimate of drug-likeness (QED) is 0.698. The van der Waals surface area contributed by atoms with Crippen LogP contribution in [0.15, 0.2) is 40.7 Å². The number of carbonyl (C=O) groups is 1. The van der Waals surface area contributed by atoms with Crippen molar-refractivity contribution in [2.75, 3.05) is 0 Å². The maximum absolute atomic E-state index is 12.5. The number of hydrogen-bond acceptors (Lipinski definition) is 5. The number of rotatable bonds is 7. The Kier molecular flexibility index (Phi) is 5.42. The summed E-state index contributed by atoms with van der Waals surface area (Å²) in [5.41, 5.74) is 2.21. The molecule has 7 heteroatoms. The Labute approximate surface area is 149 Å². The lowest BCUT2D eigenvalue weighted by Gasteiger charge is -2.18. The molecule has 126 valence electrons. The molecule has 2 unspecified atom stereocenters. The molecule has 0 aliphatic heterocycles. The maximum atomic E-state index is 12.5. The summed E-state index contributed by atoms with van der Waals surface area (Å²) in [4.78, 5) is 17.1. The molecule has 0 aliphatic carbocycles. The predicted molar refractivity (Wildman–Crippen MR) is 97.3 cm³/mol. The predicted octanol–water partition coefficient (Wildman–Crippen LogP) is 3.76. The Morgan fingerprint density at radius 3 is 2.92 bits per heavy atom. The summed E-state index contributed by atoms with van der Waals surface area (Å²) in [7, 11) is 0. The van der Waals surface area contributed by atoms with Gasteiger partial charge in [0.15, 0.2) is 0 Å². The van der Waals surface area contributed by atoms with E-state index < -0.39 is 0 Å². The molecule has 0 aliphatic rings. The molecule has 3 heterocycles. The van der Waals surface area contributed by atoms with Crippen molar-refractivity contribution in [3.8, 4) is 0 Å². The molecular formula is C17H20N4OS2. The number of amides is 1. The molecule has 5 nitrogen and oxygen atoms in total. The third-order valence-electron chi connectivity index (χ3n) is 3.75. The second-order valence-corrected chi connectivity index (χ2v) is 7.49. The van der Waals surface area contributed by atoms with Gasteiger partial charge in [-0.05, 0) is 42.3 Å². The lowest BCUT2D eigenvalue weighted by molar-refractivity contribution is -0.122. The number of aromatic nitrogens is 3. The molecule has 0 saturated heterocycles. The molecule has 0 fully saturated rings. The fraction of sp³-hybridized carbons (Fsp3) is 0.353. The number of aryl methyl sites for hydroxylation is 1. The van der Waals surface area contributed by atoms with Gasteiger partial charge in [0.05, 0.1) is 12.1 Å². The summed E-state index contributed by atoms with van der Waals surface area (Å²) in [6.45, 7) is 3.97. The van der Waals surface area contributed by atoms with Gasteiger partial charge in [0.2, 0.25) is 5.91 Å². The van der Waals surface area contributed by atoms with E-state index in [0.717, 1.165) is 17.1 Å². The first kappa shape index (κ1) is 16.9. The van der Waals surface area contributed by atoms with Crippen LogP contribution in [0, 0.1) is 6.92 Å². The summed E-state index contributed by atoms with van der Waals surface area (Å²) in [6, 6.07) is 3.90. The van der Waals surface area contributed by atoms with Gasteiger partial charge in [0.1, 0.15) is 5.01 Å². The van der Waals surface area contributed by atoms with E-state index in [2.05, 4.69) is 32.2 Å². The summed E-state index contributed by atoms with van der Waals surface area (Å²) in [5, 5.41) is 14.5. The molecular weight excluding hydrogens is 340 g/mol. The van der Waals surface area contributed by atoms with E-state index in [4.69, 9.17) is 0 Å². The van der Waals surface area contributed by atoms with Crippen LogP contribution in [0.5, 0.6) is 0 Å². The van der Waals surface area contributed by atoms with Crippen molar-refractivity contribution in [1.82, 2.24) is 20.1 Å². The van der Waals surface area contributed by atoms with E-state index in [1.165, 1.54) is 5.56 Å². The van der Waals surface area contributed by atoms with Crippen LogP contribution in [0.3, 0.4) is 0 Å². The molecule has 0 spiro atoms. The maximum Gasteiger partial charge on any atom is 0.222 e. The van der Waals surface area contributed by atoms with Crippen LogP contribution in [0.1, 0.15) is 41.7 Å². The highest BCUT2D eigenvalue weighted by Gasteiger charge is 2.20. The SMILES string of the molecule is Cc1csc(C(Cc2ccsc2)NC(=O)CC(C)n2cccn2)n1. The third-order valence-corrected chi connectivity index (χ3v) is 5.56. The first-order valence-electron chi connectivity index (χ1n) is 7.83. The van der Waals surface area contributed by atoms with E-state index in [9.17, 15) is 4.79 Å². The van der Waals surface area contributed by atoms with Gasteiger partial charge in [0, 0.05) is 36.3 Å². The summed E-state index contributed by atoms with van der Waals surface area (Å²) < 4.78 is 1.81. The van der Waals surface area contributed by atoms with Crippen LogP contribution in [0.25, 0.3) is 0 Å². The summed E-state index contributed by atoms with van der Waals surface area (Å²) in [6.07, 6.45) is 4.77. The van der Waals surface area contributed by atoms with Crippen molar-refractivity contribution in [3.63, 3.8) is 0 Å². The van der Waals surface area contributed by atoms with E-state index in [1.807, 2.05) is 31.5 Å². The Hall–Kier alpha value is -1.99. The molecule has 0 aromatic carbocycles. The van der Waals surface area contributed by atoms with E-state index in [0.29, 0.717) is 6.42 Å². The van der Waals surface area contributed by atoms with Crippen molar-refractivity contribution >= 4 is 28.6 Å². The van der Waals surface area contributed by atoms with Crippen molar-refractivity contribution in [2.45, 2.75) is 38.8 Å². The van der Waals surface area contributed by atoms with E-state index >= 15 is 0 Å². The first-order valence-corrected chi connectivity index (χ1v) is 9.65. The van der Waals surface area contributed by atoms with Crippen LogP contribution in [0.4, 0.5) is 0 Å². The molecule has 0 saturated carbocycles. The first-order chi connectivity index (χ1) is 11.6. The lowest BCUT2D eigenvalue weighted by atomic mass is 10.1. The Morgan fingerprint density at radius 1 is 1.42 bits per heavy atom. The smallest absolute Gasteiger partial charge is 0.222 e. The van der Waals surface area contributed by atoms with Crippen molar-refractivity contribution in [2.24, 2.45) is 0 Å². The number of thiazole rings is 1. The molecule has 3 aromatic rings. The second-order valence-electron chi connectivity index (χ2n) is 5.82. The Morgan fingerprint density at radius 2 is 2.29 bits per heavy atom. The van der Waals surface area contributed by atoms with E-state index in [1.54, 1.807) is 33.6 Å². The standard InChI is InChI=1S/C17H20N4OS2/c1-12-10-24-17(19-12)15(9-14-4-7-23-11-14)20-16(22)8-13(2)21-6-3-5-18-21/h3-7,10-11,13,15H,8-9H2,1-2H3,(H,20,22). The molecule has 3 aromatic heterocycles. The zero-order valence-electron chi connectivity index (χ0n) is 13.7. The van der Waals surface area contributed by atoms with Gasteiger partial charge >= 0.3 is 0 Å². The van der Waals surface area contributed by atoms with Crippen LogP contribution in [0.2, 0.25) is 0 Å². The fourth-order valence-corrected chi connectivity index (χ4v) is 4.06. The minimum atomic E-state index is -0.0874. The zero-order valence-corrected chi connectivity index (χ0v) is 15.3. The van der Waals surface area contributed by atoms with Crippen molar-refractivity contribution < 1.29 is 4.79 Å². The van der Waals surface area contributed by atoms with Gasteiger partial charge in [-0.1, -0.05) is 0 Å². The van der Waals surface area contributed by atoms with Gasteiger partial charge in [-0.15, -0.1) is 11.3 Å². The number of nitrogens with one attached hydrogen (secondary N) is 1. The third kappa shape index (κ3) is 4.30. The monoisotopic (exact) mass is 360 g/mol. The molecule has 2 atom stereocenters. The highest BCUT2D eigenvalue weighted by Crippen LogP contribution is 2.24. The molecule has 1 amide bonds. The van der Waals surface area contributed by atoms with Crippen molar-refractivity contribution in [3.05, 3.63) is 56.9 Å². The summed E-state index contributed by atoms with van der Waals surface area (Å²) >= 11 is 3.27. The largest absolute Gasteiger partial charge is 0.346 e. The van der Waals surface area contributed by atoms with Crippen LogP contribution in [-0.4, -0.2) is 20.7 Å². The number of carbonyl (C=O) groups excluding carboxylic acids is 1. The zero-order chi connectivity index (χ0) is 16.9. The number of thiophene rings is 1. The second kappa shape index (κ2) is 7.72. The summed E-state index contributed by atoms with van der Waals surface area (Å²) in [5.74, 6) is 0.0195. The minimum Gasteiger partial charge on any atom is -0.346 e. The van der Waals surface area contributed by atoms with Gasteiger partial charge in [-0.3, -0.25) is 9.48 Å². The Bertz CT molecular complexity index is 764. The number of hydrogen-bond donors (Lipinski definition) is 1. The van der Waals surface area contributed by atoms with Crippen molar-refractivity contribution in [1.29, 1.82) is 0 Å². The van der Waals surface area contributed by atoms with Crippen LogP contribution < -0.4 is 5.32 Å². The Balaban J connectivity index is 1.67. The average Bonchev–Trinajstić information content (AvgIpc) is 3.29. The molecule has 1 N–H and O–H groups in total. The van der Waals surface area contributed by atoms with Gasteiger partial charge in [-0.25, -0.2) is 4.98 Å². The highest BCUT2D eigenvalue weighted by molar-refractivity contribution is 7.09. The lowest BCUT2D eigenvalue weighted by Crippen LogP contribution is -2.31. The topological polar surface area (TPSA) is 59.8 Å². The molecule has 3 rings (SSSR count).